The molecule has 0 saturated heterocycles. The molecule has 2 heterocycles. The number of aromatic nitrogens is 1. The van der Waals surface area contributed by atoms with Gasteiger partial charge < -0.3 is 9.15 Å². The van der Waals surface area contributed by atoms with Crippen LogP contribution in [-0.2, 0) is 4.74 Å². The van der Waals surface area contributed by atoms with Gasteiger partial charge in [-0.3, -0.25) is 4.99 Å². The standard InChI is InChI=1S/C17H16FN3O2S/c1-22-10-8-19-17-21(20-11-13-5-4-9-23-13)16(12-24-17)14-6-2-3-7-15(14)18/h2-7,9,11-12H,8,10H2,1H3/b19-17?,20-11-. The predicted molar refractivity (Wildman–Crippen MR) is 91.7 cm³/mol. The largest absolute Gasteiger partial charge is 0.463 e. The van der Waals surface area contributed by atoms with Gasteiger partial charge in [-0.05, 0) is 24.3 Å². The van der Waals surface area contributed by atoms with Crippen molar-refractivity contribution in [3.63, 3.8) is 0 Å². The maximum Gasteiger partial charge on any atom is 0.206 e. The Morgan fingerprint density at radius 3 is 2.92 bits per heavy atom. The molecule has 0 atom stereocenters. The predicted octanol–water partition coefficient (Wildman–Crippen LogP) is 3.38. The second-order valence-electron chi connectivity index (χ2n) is 4.83. The Morgan fingerprint density at radius 1 is 1.29 bits per heavy atom. The Labute approximate surface area is 142 Å². The summed E-state index contributed by atoms with van der Waals surface area (Å²) in [5.41, 5.74) is 1.11. The van der Waals surface area contributed by atoms with Gasteiger partial charge in [0, 0.05) is 18.1 Å². The second kappa shape index (κ2) is 7.85. The van der Waals surface area contributed by atoms with Crippen molar-refractivity contribution in [2.45, 2.75) is 0 Å². The van der Waals surface area contributed by atoms with Crippen molar-refractivity contribution < 1.29 is 13.5 Å². The fraction of sp³-hybridized carbons (Fsp3) is 0.176. The van der Waals surface area contributed by atoms with Crippen molar-refractivity contribution in [3.8, 4) is 11.3 Å². The van der Waals surface area contributed by atoms with Crippen molar-refractivity contribution in [1.29, 1.82) is 0 Å². The molecular formula is C17H16FN3O2S. The van der Waals surface area contributed by atoms with E-state index in [2.05, 4.69) is 10.1 Å². The molecule has 7 heteroatoms. The van der Waals surface area contributed by atoms with Gasteiger partial charge in [-0.15, -0.1) is 11.3 Å². The molecule has 0 fully saturated rings. The Kier molecular flexibility index (Phi) is 5.35. The third kappa shape index (κ3) is 3.69. The summed E-state index contributed by atoms with van der Waals surface area (Å²) >= 11 is 1.40. The number of furan rings is 1. The van der Waals surface area contributed by atoms with Crippen molar-refractivity contribution in [3.05, 3.63) is 64.4 Å². The van der Waals surface area contributed by atoms with Gasteiger partial charge in [-0.1, -0.05) is 12.1 Å². The molecule has 0 unspecified atom stereocenters. The van der Waals surface area contributed by atoms with Gasteiger partial charge in [-0.2, -0.15) is 5.10 Å². The molecule has 3 aromatic rings. The summed E-state index contributed by atoms with van der Waals surface area (Å²) in [5.74, 6) is 0.303. The summed E-state index contributed by atoms with van der Waals surface area (Å²) in [6, 6.07) is 10.2. The molecule has 0 aliphatic rings. The Balaban J connectivity index is 2.06. The molecule has 0 amide bonds. The maximum absolute atomic E-state index is 14.2. The summed E-state index contributed by atoms with van der Waals surface area (Å²) in [7, 11) is 1.62. The van der Waals surface area contributed by atoms with Gasteiger partial charge in [0.15, 0.2) is 0 Å². The average Bonchev–Trinajstić information content (AvgIpc) is 3.23. The summed E-state index contributed by atoms with van der Waals surface area (Å²) in [6.45, 7) is 1.01. The third-order valence-corrected chi connectivity index (χ3v) is 4.08. The van der Waals surface area contributed by atoms with E-state index in [-0.39, 0.29) is 5.82 Å². The van der Waals surface area contributed by atoms with Crippen LogP contribution in [0.1, 0.15) is 5.76 Å². The van der Waals surface area contributed by atoms with Crippen LogP contribution in [0, 0.1) is 5.82 Å². The van der Waals surface area contributed by atoms with E-state index in [9.17, 15) is 4.39 Å². The Morgan fingerprint density at radius 2 is 2.17 bits per heavy atom. The number of ether oxygens (including phenoxy) is 1. The zero-order valence-electron chi connectivity index (χ0n) is 13.1. The minimum Gasteiger partial charge on any atom is -0.463 e. The number of hydrogen-bond donors (Lipinski definition) is 0. The fourth-order valence-corrected chi connectivity index (χ4v) is 2.94. The van der Waals surface area contributed by atoms with Crippen LogP contribution in [0.2, 0.25) is 0 Å². The molecule has 124 valence electrons. The lowest BCUT2D eigenvalue weighted by atomic mass is 10.1. The molecule has 0 aliphatic carbocycles. The number of methoxy groups -OCH3 is 1. The van der Waals surface area contributed by atoms with Crippen LogP contribution in [0.25, 0.3) is 11.3 Å². The molecule has 0 spiro atoms. The first kappa shape index (κ1) is 16.4. The number of rotatable bonds is 6. The Bertz CT molecular complexity index is 881. The summed E-state index contributed by atoms with van der Waals surface area (Å²) in [4.78, 5) is 5.12. The van der Waals surface area contributed by atoms with Gasteiger partial charge >= 0.3 is 0 Å². The minimum atomic E-state index is -0.305. The van der Waals surface area contributed by atoms with E-state index in [4.69, 9.17) is 9.15 Å². The number of thiazole rings is 1. The first-order valence-corrected chi connectivity index (χ1v) is 8.20. The number of nitrogens with zero attached hydrogens (tertiary/aromatic N) is 3. The number of hydrogen-bond acceptors (Lipinski definition) is 5. The smallest absolute Gasteiger partial charge is 0.206 e. The highest BCUT2D eigenvalue weighted by molar-refractivity contribution is 7.07. The highest BCUT2D eigenvalue weighted by atomic mass is 32.1. The van der Waals surface area contributed by atoms with E-state index < -0.39 is 0 Å². The summed E-state index contributed by atoms with van der Waals surface area (Å²) in [6.07, 6.45) is 3.15. The highest BCUT2D eigenvalue weighted by Crippen LogP contribution is 2.23. The Hall–Kier alpha value is -2.51. The SMILES string of the molecule is COCCN=c1scc(-c2ccccc2F)n1/N=C\c1ccco1. The van der Waals surface area contributed by atoms with E-state index >= 15 is 0 Å². The van der Waals surface area contributed by atoms with Crippen LogP contribution in [-0.4, -0.2) is 31.2 Å². The molecule has 5 nitrogen and oxygen atoms in total. The van der Waals surface area contributed by atoms with Crippen LogP contribution in [0.4, 0.5) is 4.39 Å². The van der Waals surface area contributed by atoms with Gasteiger partial charge in [0.05, 0.1) is 31.3 Å². The van der Waals surface area contributed by atoms with E-state index in [1.807, 2.05) is 5.38 Å². The minimum absolute atomic E-state index is 0.305. The zero-order valence-corrected chi connectivity index (χ0v) is 13.9. The monoisotopic (exact) mass is 345 g/mol. The summed E-state index contributed by atoms with van der Waals surface area (Å²) in [5, 5.41) is 6.25. The number of halogens is 1. The van der Waals surface area contributed by atoms with Gasteiger partial charge in [-0.25, -0.2) is 9.07 Å². The molecular weight excluding hydrogens is 329 g/mol. The molecule has 0 saturated carbocycles. The first-order chi connectivity index (χ1) is 11.8. The van der Waals surface area contributed by atoms with Crippen molar-refractivity contribution in [2.75, 3.05) is 20.3 Å². The van der Waals surface area contributed by atoms with E-state index in [0.717, 1.165) is 0 Å². The lowest BCUT2D eigenvalue weighted by Crippen LogP contribution is -2.14. The first-order valence-electron chi connectivity index (χ1n) is 7.32. The van der Waals surface area contributed by atoms with Crippen molar-refractivity contribution in [1.82, 2.24) is 4.68 Å². The van der Waals surface area contributed by atoms with Gasteiger partial charge in [0.1, 0.15) is 11.6 Å². The third-order valence-electron chi connectivity index (χ3n) is 3.22. The normalized spacial score (nSPS) is 12.3. The van der Waals surface area contributed by atoms with E-state index in [0.29, 0.717) is 35.0 Å². The van der Waals surface area contributed by atoms with Crippen molar-refractivity contribution in [2.24, 2.45) is 10.1 Å². The number of benzene rings is 1. The van der Waals surface area contributed by atoms with Crippen LogP contribution in [0.5, 0.6) is 0 Å². The maximum atomic E-state index is 14.2. The van der Waals surface area contributed by atoms with Crippen LogP contribution in [0.15, 0.2) is 62.6 Å². The fourth-order valence-electron chi connectivity index (χ4n) is 2.09. The molecule has 0 aliphatic heterocycles. The lowest BCUT2D eigenvalue weighted by molar-refractivity contribution is 0.207. The molecule has 3 rings (SSSR count). The van der Waals surface area contributed by atoms with Gasteiger partial charge in [0.25, 0.3) is 0 Å². The molecule has 2 aromatic heterocycles. The van der Waals surface area contributed by atoms with E-state index in [1.165, 1.54) is 17.4 Å². The quantitative estimate of drug-likeness (QED) is 0.508. The molecule has 0 bridgehead atoms. The topological polar surface area (TPSA) is 52.0 Å². The second-order valence-corrected chi connectivity index (χ2v) is 5.67. The molecule has 0 radical (unpaired) electrons. The average molecular weight is 345 g/mol. The lowest BCUT2D eigenvalue weighted by Gasteiger charge is -2.04. The van der Waals surface area contributed by atoms with Crippen molar-refractivity contribution >= 4 is 17.6 Å². The molecule has 1 aromatic carbocycles. The highest BCUT2D eigenvalue weighted by Gasteiger charge is 2.11. The molecule has 24 heavy (non-hydrogen) atoms. The van der Waals surface area contributed by atoms with Gasteiger partial charge in [0.2, 0.25) is 4.80 Å². The molecule has 0 N–H and O–H groups in total. The zero-order chi connectivity index (χ0) is 16.8. The summed E-state index contributed by atoms with van der Waals surface area (Å²) < 4.78 is 26.0. The van der Waals surface area contributed by atoms with Crippen LogP contribution in [0.3, 0.4) is 0 Å². The van der Waals surface area contributed by atoms with Crippen LogP contribution < -0.4 is 4.80 Å². The van der Waals surface area contributed by atoms with E-state index in [1.54, 1.807) is 54.6 Å². The van der Waals surface area contributed by atoms with Crippen LogP contribution >= 0.6 is 11.3 Å².